The van der Waals surface area contributed by atoms with Crippen LogP contribution in [0.25, 0.3) is 0 Å². The molecule has 4 heteroatoms. The predicted molar refractivity (Wildman–Crippen MR) is 47.0 cm³/mol. The number of ether oxygens (including phenoxy) is 1. The van der Waals surface area contributed by atoms with E-state index in [4.69, 9.17) is 4.74 Å². The minimum absolute atomic E-state index is 0.0193. The highest BCUT2D eigenvalue weighted by molar-refractivity contribution is 5.74. The fourth-order valence-corrected chi connectivity index (χ4v) is 1.71. The Morgan fingerprint density at radius 1 is 1.62 bits per heavy atom. The third-order valence-electron chi connectivity index (χ3n) is 2.46. The molecule has 1 atom stereocenters. The van der Waals surface area contributed by atoms with Crippen molar-refractivity contribution >= 4 is 12.3 Å². The average molecular weight is 179 g/mol. The van der Waals surface area contributed by atoms with Gasteiger partial charge in [0.05, 0.1) is 24.4 Å². The predicted octanol–water partition coefficient (Wildman–Crippen LogP) is 0.817. The zero-order valence-electron chi connectivity index (χ0n) is 7.49. The van der Waals surface area contributed by atoms with Gasteiger partial charge in [0.1, 0.15) is 6.34 Å². The highest BCUT2D eigenvalue weighted by Gasteiger charge is 2.28. The highest BCUT2D eigenvalue weighted by Crippen LogP contribution is 2.31. The van der Waals surface area contributed by atoms with Gasteiger partial charge in [-0.2, -0.15) is 0 Å². The van der Waals surface area contributed by atoms with Crippen molar-refractivity contribution in [3.63, 3.8) is 0 Å². The maximum atomic E-state index is 11.2. The van der Waals surface area contributed by atoms with Crippen molar-refractivity contribution in [3.05, 3.63) is 11.4 Å². The maximum Gasteiger partial charge on any atom is 0.309 e. The summed E-state index contributed by atoms with van der Waals surface area (Å²) >= 11 is 0. The minimum atomic E-state index is -0.131. The van der Waals surface area contributed by atoms with E-state index in [1.807, 2.05) is 0 Å². The summed E-state index contributed by atoms with van der Waals surface area (Å²) in [6, 6.07) is 0. The van der Waals surface area contributed by atoms with E-state index in [9.17, 15) is 4.79 Å². The van der Waals surface area contributed by atoms with Crippen molar-refractivity contribution in [2.75, 3.05) is 7.11 Å². The van der Waals surface area contributed by atoms with Crippen LogP contribution in [-0.2, 0) is 9.53 Å². The Hall–Kier alpha value is -1.32. The molecule has 0 saturated heterocycles. The molecule has 0 aromatic rings. The number of nitrogens with zero attached hydrogens (tertiary/aromatic N) is 2. The van der Waals surface area contributed by atoms with Gasteiger partial charge in [0.15, 0.2) is 0 Å². The first kappa shape index (κ1) is 8.29. The third kappa shape index (κ3) is 1.43. The second-order valence-corrected chi connectivity index (χ2v) is 3.23. The van der Waals surface area contributed by atoms with Gasteiger partial charge in [-0.25, -0.2) is 10.3 Å². The lowest BCUT2D eigenvalue weighted by Gasteiger charge is -2.19. The van der Waals surface area contributed by atoms with Gasteiger partial charge in [-0.1, -0.05) is 0 Å². The molecule has 0 aromatic carbocycles. The van der Waals surface area contributed by atoms with Gasteiger partial charge in [0.2, 0.25) is 0 Å². The van der Waals surface area contributed by atoms with E-state index in [1.54, 1.807) is 6.34 Å². The molecule has 1 unspecified atom stereocenters. The molecule has 0 saturated carbocycles. The lowest BCUT2D eigenvalue weighted by Crippen LogP contribution is -2.21. The molecule has 13 heavy (non-hydrogen) atoms. The van der Waals surface area contributed by atoms with E-state index in [1.165, 1.54) is 7.11 Å². The first-order chi connectivity index (χ1) is 6.31. The lowest BCUT2D eigenvalue weighted by molar-refractivity contribution is -0.145. The van der Waals surface area contributed by atoms with Crippen molar-refractivity contribution in [2.24, 2.45) is 10.9 Å². The molecule has 0 amide bonds. The van der Waals surface area contributed by atoms with Crippen LogP contribution < -0.4 is 5.32 Å². The SMILES string of the molecule is COC(=O)C1CCC2=C(C1)[N]C=N2. The lowest BCUT2D eigenvalue weighted by atomic mass is 9.90. The Labute approximate surface area is 76.7 Å². The number of esters is 1. The van der Waals surface area contributed by atoms with Crippen LogP contribution >= 0.6 is 0 Å². The summed E-state index contributed by atoms with van der Waals surface area (Å²) in [6.45, 7) is 0. The van der Waals surface area contributed by atoms with Crippen molar-refractivity contribution in [1.82, 2.24) is 5.32 Å². The largest absolute Gasteiger partial charge is 0.469 e. The van der Waals surface area contributed by atoms with Crippen LogP contribution in [0.3, 0.4) is 0 Å². The fourth-order valence-electron chi connectivity index (χ4n) is 1.71. The number of hydrogen-bond acceptors (Lipinski definition) is 3. The van der Waals surface area contributed by atoms with Crippen LogP contribution in [0.15, 0.2) is 16.4 Å². The molecule has 0 spiro atoms. The van der Waals surface area contributed by atoms with Gasteiger partial charge in [-0.15, -0.1) is 0 Å². The summed E-state index contributed by atoms with van der Waals surface area (Å²) in [6.07, 6.45) is 3.92. The molecule has 0 aromatic heterocycles. The summed E-state index contributed by atoms with van der Waals surface area (Å²) in [5, 5.41) is 4.10. The second-order valence-electron chi connectivity index (χ2n) is 3.23. The van der Waals surface area contributed by atoms with Crippen molar-refractivity contribution < 1.29 is 9.53 Å². The molecule has 2 aliphatic rings. The van der Waals surface area contributed by atoms with Crippen LogP contribution in [0.1, 0.15) is 19.3 Å². The molecule has 0 fully saturated rings. The first-order valence-electron chi connectivity index (χ1n) is 4.34. The molecule has 0 bridgehead atoms. The molecule has 2 rings (SSSR count). The Balaban J connectivity index is 2.05. The van der Waals surface area contributed by atoms with Gasteiger partial charge >= 0.3 is 5.97 Å². The molecule has 1 heterocycles. The molecule has 69 valence electrons. The van der Waals surface area contributed by atoms with Gasteiger partial charge in [0.25, 0.3) is 0 Å². The average Bonchev–Trinajstić information content (AvgIpc) is 2.63. The Kier molecular flexibility index (Phi) is 2.04. The van der Waals surface area contributed by atoms with Crippen LogP contribution in [0, 0.1) is 5.92 Å². The van der Waals surface area contributed by atoms with Gasteiger partial charge in [-0.05, 0) is 12.8 Å². The molecule has 1 aliphatic heterocycles. The summed E-state index contributed by atoms with van der Waals surface area (Å²) in [5.41, 5.74) is 2.00. The molecular weight excluding hydrogens is 168 g/mol. The monoisotopic (exact) mass is 179 g/mol. The fraction of sp³-hybridized carbons (Fsp3) is 0.556. The Morgan fingerprint density at radius 2 is 2.46 bits per heavy atom. The minimum Gasteiger partial charge on any atom is -0.469 e. The number of hydrogen-bond donors (Lipinski definition) is 0. The van der Waals surface area contributed by atoms with E-state index in [0.29, 0.717) is 6.42 Å². The summed E-state index contributed by atoms with van der Waals surface area (Å²) in [4.78, 5) is 15.3. The van der Waals surface area contributed by atoms with Gasteiger partial charge in [-0.3, -0.25) is 4.79 Å². The third-order valence-corrected chi connectivity index (χ3v) is 2.46. The van der Waals surface area contributed by atoms with Crippen LogP contribution in [0.5, 0.6) is 0 Å². The summed E-state index contributed by atoms with van der Waals surface area (Å²) in [5.74, 6) is -0.150. The van der Waals surface area contributed by atoms with Crippen molar-refractivity contribution in [3.8, 4) is 0 Å². The highest BCUT2D eigenvalue weighted by atomic mass is 16.5. The topological polar surface area (TPSA) is 52.8 Å². The molecule has 0 N–H and O–H groups in total. The Morgan fingerprint density at radius 3 is 3.23 bits per heavy atom. The smallest absolute Gasteiger partial charge is 0.309 e. The molecule has 1 radical (unpaired) electrons. The van der Waals surface area contributed by atoms with Crippen LogP contribution in [0.4, 0.5) is 0 Å². The van der Waals surface area contributed by atoms with E-state index >= 15 is 0 Å². The quantitative estimate of drug-likeness (QED) is 0.559. The van der Waals surface area contributed by atoms with E-state index in [0.717, 1.165) is 24.2 Å². The number of aliphatic imine (C=N–C) groups is 1. The molecule has 4 nitrogen and oxygen atoms in total. The van der Waals surface area contributed by atoms with Crippen LogP contribution in [-0.4, -0.2) is 19.4 Å². The van der Waals surface area contributed by atoms with Crippen LogP contribution in [0.2, 0.25) is 0 Å². The summed E-state index contributed by atoms with van der Waals surface area (Å²) < 4.78 is 4.69. The van der Waals surface area contributed by atoms with E-state index in [-0.39, 0.29) is 11.9 Å². The zero-order valence-corrected chi connectivity index (χ0v) is 7.49. The normalized spacial score (nSPS) is 25.5. The number of carbonyl (C=O) groups is 1. The number of methoxy groups -OCH3 is 1. The van der Waals surface area contributed by atoms with Gasteiger partial charge < -0.3 is 4.74 Å². The standard InChI is InChI=1S/C9H11N2O2/c1-13-9(12)6-2-3-7-8(4-6)11-5-10-7/h5-6H,2-4H2,1H3. The van der Waals surface area contributed by atoms with Crippen molar-refractivity contribution in [2.45, 2.75) is 19.3 Å². The molecular formula is C9H11N2O2. The summed E-state index contributed by atoms with van der Waals surface area (Å²) in [7, 11) is 1.43. The number of allylic oxidation sites excluding steroid dienone is 2. The van der Waals surface area contributed by atoms with Gasteiger partial charge in [0, 0.05) is 6.42 Å². The van der Waals surface area contributed by atoms with E-state index in [2.05, 4.69) is 10.3 Å². The number of carbonyl (C=O) groups excluding carboxylic acids is 1. The van der Waals surface area contributed by atoms with Crippen molar-refractivity contribution in [1.29, 1.82) is 0 Å². The van der Waals surface area contributed by atoms with E-state index < -0.39 is 0 Å². The first-order valence-corrected chi connectivity index (χ1v) is 4.34. The zero-order chi connectivity index (χ0) is 9.26. The second kappa shape index (κ2) is 3.20. The molecule has 1 aliphatic carbocycles. The number of rotatable bonds is 1. The Bertz CT molecular complexity index is 294. The maximum absolute atomic E-state index is 11.2.